The molecule has 0 radical (unpaired) electrons. The molecule has 3 aromatic carbocycles. The number of halogens is 2. The highest BCUT2D eigenvalue weighted by molar-refractivity contribution is 7.85. The number of hydrogen-bond acceptors (Lipinski definition) is 11. The zero-order valence-corrected chi connectivity index (χ0v) is 26.8. The molecule has 5 aromatic rings. The summed E-state index contributed by atoms with van der Waals surface area (Å²) in [7, 11) is -7.33. The Hall–Kier alpha value is -4.16. The predicted molar refractivity (Wildman–Crippen MR) is 172 cm³/mol. The first kappa shape index (κ1) is 36.3. The number of fused-ring (bicyclic) bond motifs is 1. The van der Waals surface area contributed by atoms with Crippen molar-refractivity contribution >= 4 is 54.2 Å². The number of aliphatic hydroxyl groups excluding tert-OH is 1. The minimum absolute atomic E-state index is 0.0700. The fraction of sp³-hybridized carbons (Fsp3) is 0.172. The van der Waals surface area contributed by atoms with Crippen LogP contribution >= 0.6 is 11.6 Å². The zero-order valence-electron chi connectivity index (χ0n) is 24.4. The molecule has 0 amide bonds. The topological polar surface area (TPSA) is 201 Å². The molecule has 2 aromatic heterocycles. The number of nitrogens with one attached hydrogen (secondary N) is 2. The minimum Gasteiger partial charge on any atom is -0.460 e. The van der Waals surface area contributed by atoms with Crippen molar-refractivity contribution in [3.05, 3.63) is 95.7 Å². The third kappa shape index (κ3) is 12.7. The van der Waals surface area contributed by atoms with Crippen LogP contribution in [0.2, 0.25) is 5.02 Å². The second-order valence-electron chi connectivity index (χ2n) is 9.39. The van der Waals surface area contributed by atoms with Crippen LogP contribution in [-0.4, -0.2) is 66.7 Å². The van der Waals surface area contributed by atoms with Crippen LogP contribution in [0.3, 0.4) is 0 Å². The SMILES string of the molecule is CS(=O)(=O)O.CS(=O)(=O)O.OCCNCc1ccc(-c2ccc3ncnc(Nc4ccc(Oc5ccccc5F)c(Cl)c4)c3c2)o1. The Bertz CT molecular complexity index is 1950. The maximum atomic E-state index is 13.9. The summed E-state index contributed by atoms with van der Waals surface area (Å²) in [6.07, 6.45) is 2.92. The summed E-state index contributed by atoms with van der Waals surface area (Å²) in [5.41, 5.74) is 2.32. The number of aliphatic hydroxyl groups is 1. The van der Waals surface area contributed by atoms with Gasteiger partial charge in [0.2, 0.25) is 0 Å². The van der Waals surface area contributed by atoms with Gasteiger partial charge in [0.05, 0.1) is 36.2 Å². The third-order valence-corrected chi connectivity index (χ3v) is 5.72. The largest absolute Gasteiger partial charge is 0.460 e. The lowest BCUT2D eigenvalue weighted by Gasteiger charge is -2.12. The lowest BCUT2D eigenvalue weighted by Crippen LogP contribution is -2.16. The maximum absolute atomic E-state index is 13.9. The van der Waals surface area contributed by atoms with E-state index in [0.717, 1.165) is 22.2 Å². The van der Waals surface area contributed by atoms with E-state index in [1.165, 1.54) is 18.5 Å². The summed E-state index contributed by atoms with van der Waals surface area (Å²) < 4.78 is 77.2. The lowest BCUT2D eigenvalue weighted by atomic mass is 10.1. The van der Waals surface area contributed by atoms with Crippen LogP contribution in [0.25, 0.3) is 22.2 Å². The van der Waals surface area contributed by atoms with Crippen molar-refractivity contribution in [1.29, 1.82) is 0 Å². The molecule has 13 nitrogen and oxygen atoms in total. The number of anilines is 2. The van der Waals surface area contributed by atoms with Crippen LogP contribution in [0.1, 0.15) is 5.76 Å². The molecule has 0 spiro atoms. The molecule has 0 bridgehead atoms. The highest BCUT2D eigenvalue weighted by atomic mass is 35.5. The molecule has 0 unspecified atom stereocenters. The van der Waals surface area contributed by atoms with Gasteiger partial charge in [-0.2, -0.15) is 16.8 Å². The fourth-order valence-corrected chi connectivity index (χ4v) is 3.89. The molecule has 0 saturated carbocycles. The van der Waals surface area contributed by atoms with Gasteiger partial charge in [0.25, 0.3) is 20.2 Å². The van der Waals surface area contributed by atoms with Crippen molar-refractivity contribution in [2.45, 2.75) is 6.54 Å². The van der Waals surface area contributed by atoms with Gasteiger partial charge in [-0.15, -0.1) is 0 Å². The van der Waals surface area contributed by atoms with Gasteiger partial charge in [-0.25, -0.2) is 14.4 Å². The zero-order chi connectivity index (χ0) is 33.9. The number of ether oxygens (including phenoxy) is 1. The number of para-hydroxylation sites is 1. The lowest BCUT2D eigenvalue weighted by molar-refractivity contribution is 0.290. The van der Waals surface area contributed by atoms with Crippen molar-refractivity contribution in [2.75, 3.05) is 31.0 Å². The van der Waals surface area contributed by atoms with Gasteiger partial charge < -0.3 is 24.9 Å². The van der Waals surface area contributed by atoms with Crippen molar-refractivity contribution in [3.8, 4) is 22.8 Å². The van der Waals surface area contributed by atoms with Crippen LogP contribution < -0.4 is 15.4 Å². The highest BCUT2D eigenvalue weighted by Crippen LogP contribution is 2.35. The summed E-state index contributed by atoms with van der Waals surface area (Å²) >= 11 is 6.42. The second-order valence-corrected chi connectivity index (χ2v) is 12.7. The average Bonchev–Trinajstić information content (AvgIpc) is 3.43. The number of aromatic nitrogens is 2. The van der Waals surface area contributed by atoms with Crippen molar-refractivity contribution in [2.24, 2.45) is 0 Å². The van der Waals surface area contributed by atoms with E-state index in [4.69, 9.17) is 35.0 Å². The number of benzene rings is 3. The molecule has 0 aliphatic heterocycles. The van der Waals surface area contributed by atoms with E-state index in [9.17, 15) is 21.2 Å². The van der Waals surface area contributed by atoms with Gasteiger partial charge in [-0.1, -0.05) is 23.7 Å². The van der Waals surface area contributed by atoms with E-state index in [2.05, 4.69) is 20.6 Å². The predicted octanol–water partition coefficient (Wildman–Crippen LogP) is 5.31. The highest BCUT2D eigenvalue weighted by Gasteiger charge is 2.12. The molecule has 17 heteroatoms. The molecule has 0 saturated heterocycles. The molecule has 2 heterocycles. The van der Waals surface area contributed by atoms with E-state index in [1.54, 1.807) is 30.3 Å². The standard InChI is InChI=1S/C27H22ClFN4O3.2CH4O3S/c28-21-14-18(6-9-25(21)36-26-4-2-1-3-22(26)29)33-27-20-13-17(5-8-23(20)31-16-32-27)24-10-7-19(35-24)15-30-11-12-34;2*1-5(2,3)4/h1-10,13-14,16,30,34H,11-12,15H2,(H,31,32,33);2*1H3,(H,2,3,4). The molecular weight excluding hydrogens is 667 g/mol. The molecule has 5 N–H and O–H groups in total. The molecule has 0 atom stereocenters. The first-order valence-corrected chi connectivity index (χ1v) is 17.2. The molecule has 0 aliphatic carbocycles. The van der Waals surface area contributed by atoms with Gasteiger partial charge in [-0.05, 0) is 60.7 Å². The van der Waals surface area contributed by atoms with Gasteiger partial charge in [-0.3, -0.25) is 9.11 Å². The number of furan rings is 1. The molecule has 0 fully saturated rings. The molecule has 0 aliphatic rings. The minimum atomic E-state index is -3.67. The van der Waals surface area contributed by atoms with Crippen LogP contribution in [0.15, 0.2) is 83.5 Å². The molecule has 246 valence electrons. The average molecular weight is 697 g/mol. The summed E-state index contributed by atoms with van der Waals surface area (Å²) in [6, 6.07) is 20.9. The van der Waals surface area contributed by atoms with E-state index in [-0.39, 0.29) is 12.4 Å². The smallest absolute Gasteiger partial charge is 0.261 e. The Morgan fingerprint density at radius 3 is 2.26 bits per heavy atom. The summed E-state index contributed by atoms with van der Waals surface area (Å²) in [5.74, 6) is 2.05. The van der Waals surface area contributed by atoms with Gasteiger partial charge >= 0.3 is 0 Å². The number of nitrogens with zero attached hydrogens (tertiary/aromatic N) is 2. The molecular formula is C29H30ClFN4O9S2. The Labute approximate surface area is 269 Å². The fourth-order valence-electron chi connectivity index (χ4n) is 3.67. The molecule has 46 heavy (non-hydrogen) atoms. The monoisotopic (exact) mass is 696 g/mol. The van der Waals surface area contributed by atoms with Gasteiger partial charge in [0.15, 0.2) is 11.6 Å². The quantitative estimate of drug-likeness (QED) is 0.0982. The Morgan fingerprint density at radius 2 is 1.61 bits per heavy atom. The Morgan fingerprint density at radius 1 is 0.913 bits per heavy atom. The third-order valence-electron chi connectivity index (χ3n) is 5.42. The first-order chi connectivity index (χ1) is 21.6. The van der Waals surface area contributed by atoms with Crippen molar-refractivity contribution in [1.82, 2.24) is 15.3 Å². The van der Waals surface area contributed by atoms with Crippen LogP contribution in [0.5, 0.6) is 11.5 Å². The van der Waals surface area contributed by atoms with E-state index in [0.29, 0.717) is 53.6 Å². The van der Waals surface area contributed by atoms with Crippen LogP contribution in [-0.2, 0) is 26.8 Å². The van der Waals surface area contributed by atoms with Gasteiger partial charge in [0.1, 0.15) is 29.4 Å². The number of hydrogen-bond donors (Lipinski definition) is 5. The summed E-state index contributed by atoms with van der Waals surface area (Å²) in [6.45, 7) is 1.10. The first-order valence-electron chi connectivity index (χ1n) is 13.1. The summed E-state index contributed by atoms with van der Waals surface area (Å²) in [5, 5.41) is 16.4. The van der Waals surface area contributed by atoms with E-state index in [1.807, 2.05) is 30.3 Å². The van der Waals surface area contributed by atoms with Gasteiger partial charge in [0, 0.05) is 23.2 Å². The Kier molecular flexibility index (Phi) is 13.0. The number of rotatable bonds is 9. The van der Waals surface area contributed by atoms with Crippen LogP contribution in [0.4, 0.5) is 15.9 Å². The summed E-state index contributed by atoms with van der Waals surface area (Å²) in [4.78, 5) is 8.78. The second kappa shape index (κ2) is 16.4. The molecule has 5 rings (SSSR count). The van der Waals surface area contributed by atoms with Crippen molar-refractivity contribution in [3.63, 3.8) is 0 Å². The maximum Gasteiger partial charge on any atom is 0.261 e. The van der Waals surface area contributed by atoms with Crippen LogP contribution in [0, 0.1) is 5.82 Å². The van der Waals surface area contributed by atoms with Crippen molar-refractivity contribution < 1.29 is 44.6 Å². The normalized spacial score (nSPS) is 11.2. The Balaban J connectivity index is 0.000000503. The van der Waals surface area contributed by atoms with E-state index < -0.39 is 26.1 Å². The van der Waals surface area contributed by atoms with E-state index >= 15 is 0 Å².